The highest BCUT2D eigenvalue weighted by atomic mass is 16.7. The van der Waals surface area contributed by atoms with E-state index >= 15 is 0 Å². The molecule has 124 valence electrons. The molecule has 1 unspecified atom stereocenters. The minimum Gasteiger partial charge on any atom is -0.436 e. The van der Waals surface area contributed by atoms with Crippen LogP contribution in [0.3, 0.4) is 0 Å². The zero-order chi connectivity index (χ0) is 15.9. The fourth-order valence-electron chi connectivity index (χ4n) is 2.88. The summed E-state index contributed by atoms with van der Waals surface area (Å²) in [4.78, 5) is 12.2. The van der Waals surface area contributed by atoms with Crippen LogP contribution in [-0.2, 0) is 14.3 Å². The molecule has 1 atom stereocenters. The third-order valence-electron chi connectivity index (χ3n) is 4.24. The van der Waals surface area contributed by atoms with Crippen molar-refractivity contribution in [1.29, 1.82) is 0 Å². The van der Waals surface area contributed by atoms with E-state index < -0.39 is 0 Å². The minimum absolute atomic E-state index is 0.00224. The van der Waals surface area contributed by atoms with Crippen molar-refractivity contribution in [1.82, 2.24) is 0 Å². The van der Waals surface area contributed by atoms with Crippen molar-refractivity contribution in [2.45, 2.75) is 98.4 Å². The Balaban J connectivity index is 2.60. The molecule has 0 amide bonds. The maximum Gasteiger partial charge on any atom is 0.311 e. The molecule has 0 radical (unpaired) electrons. The van der Waals surface area contributed by atoms with Crippen LogP contribution >= 0.6 is 0 Å². The molecule has 0 aromatic heterocycles. The Kier molecular flexibility index (Phi) is 7.72. The summed E-state index contributed by atoms with van der Waals surface area (Å²) < 4.78 is 11.8. The van der Waals surface area contributed by atoms with Gasteiger partial charge in [-0.1, -0.05) is 53.9 Å². The zero-order valence-electron chi connectivity index (χ0n) is 14.6. The molecule has 1 aliphatic rings. The van der Waals surface area contributed by atoms with Gasteiger partial charge in [-0.25, -0.2) is 0 Å². The van der Waals surface area contributed by atoms with Gasteiger partial charge in [-0.3, -0.25) is 4.79 Å². The molecule has 1 rings (SSSR count). The average Bonchev–Trinajstić information content (AvgIpc) is 2.39. The number of carbonyl (C=O) groups is 1. The first-order valence-corrected chi connectivity index (χ1v) is 8.71. The fourth-order valence-corrected chi connectivity index (χ4v) is 2.88. The molecule has 1 aliphatic carbocycles. The average molecular weight is 298 g/mol. The molecule has 3 heteroatoms. The van der Waals surface area contributed by atoms with E-state index in [-0.39, 0.29) is 29.7 Å². The van der Waals surface area contributed by atoms with Crippen molar-refractivity contribution >= 4 is 5.97 Å². The highest BCUT2D eigenvalue weighted by Gasteiger charge is 2.28. The van der Waals surface area contributed by atoms with Gasteiger partial charge in [0.25, 0.3) is 0 Å². The van der Waals surface area contributed by atoms with Gasteiger partial charge in [0, 0.05) is 6.42 Å². The number of hydrogen-bond donors (Lipinski definition) is 0. The predicted molar refractivity (Wildman–Crippen MR) is 86.0 cm³/mol. The Morgan fingerprint density at radius 1 is 1.10 bits per heavy atom. The molecule has 0 saturated heterocycles. The van der Waals surface area contributed by atoms with Crippen molar-refractivity contribution in [2.75, 3.05) is 0 Å². The van der Waals surface area contributed by atoms with E-state index in [1.165, 1.54) is 19.3 Å². The Morgan fingerprint density at radius 3 is 2.14 bits per heavy atom. The molecule has 1 saturated carbocycles. The number of ether oxygens (including phenoxy) is 2. The molecular weight excluding hydrogens is 264 g/mol. The Labute approximate surface area is 130 Å². The number of rotatable bonds is 7. The highest BCUT2D eigenvalue weighted by Crippen LogP contribution is 2.28. The van der Waals surface area contributed by atoms with Crippen molar-refractivity contribution in [3.63, 3.8) is 0 Å². The Morgan fingerprint density at radius 2 is 1.67 bits per heavy atom. The van der Waals surface area contributed by atoms with Crippen LogP contribution in [0.1, 0.15) is 86.0 Å². The van der Waals surface area contributed by atoms with E-state index in [9.17, 15) is 4.79 Å². The zero-order valence-corrected chi connectivity index (χ0v) is 14.6. The molecular formula is C18H34O3. The second kappa shape index (κ2) is 8.77. The standard InChI is InChI=1S/C18H34O3/c1-6-14(7-2)17(19)21-16(13-18(3,4)5)20-15-11-9-8-10-12-15/h14-16H,6-13H2,1-5H3. The molecule has 1 fully saturated rings. The van der Waals surface area contributed by atoms with Gasteiger partial charge < -0.3 is 9.47 Å². The highest BCUT2D eigenvalue weighted by molar-refractivity contribution is 5.72. The summed E-state index contributed by atoms with van der Waals surface area (Å²) in [7, 11) is 0. The number of hydrogen-bond acceptors (Lipinski definition) is 3. The van der Waals surface area contributed by atoms with Crippen LogP contribution in [-0.4, -0.2) is 18.4 Å². The van der Waals surface area contributed by atoms with Crippen LogP contribution in [0.15, 0.2) is 0 Å². The van der Waals surface area contributed by atoms with Gasteiger partial charge in [0.2, 0.25) is 6.29 Å². The molecule has 0 bridgehead atoms. The summed E-state index contributed by atoms with van der Waals surface area (Å²) >= 11 is 0. The van der Waals surface area contributed by atoms with E-state index in [2.05, 4.69) is 20.8 Å². The molecule has 3 nitrogen and oxygen atoms in total. The maximum absolute atomic E-state index is 12.2. The molecule has 0 aromatic carbocycles. The lowest BCUT2D eigenvalue weighted by Crippen LogP contribution is -2.33. The topological polar surface area (TPSA) is 35.5 Å². The first kappa shape index (κ1) is 18.5. The minimum atomic E-state index is -0.388. The summed E-state index contributed by atoms with van der Waals surface area (Å²) in [6.07, 6.45) is 8.27. The van der Waals surface area contributed by atoms with Gasteiger partial charge in [0.05, 0.1) is 12.0 Å². The van der Waals surface area contributed by atoms with Crippen LogP contribution in [0.5, 0.6) is 0 Å². The predicted octanol–water partition coefficient (Wildman–Crippen LogP) is 5.08. The quantitative estimate of drug-likeness (QED) is 0.486. The summed E-state index contributed by atoms with van der Waals surface area (Å²) in [6.45, 7) is 10.6. The van der Waals surface area contributed by atoms with Gasteiger partial charge in [0.15, 0.2) is 0 Å². The molecule has 0 spiro atoms. The van der Waals surface area contributed by atoms with E-state index in [4.69, 9.17) is 9.47 Å². The van der Waals surface area contributed by atoms with E-state index in [0.29, 0.717) is 0 Å². The normalized spacial score (nSPS) is 18.8. The Hall–Kier alpha value is -0.570. The summed E-state index contributed by atoms with van der Waals surface area (Å²) in [5, 5.41) is 0. The molecule has 21 heavy (non-hydrogen) atoms. The summed E-state index contributed by atoms with van der Waals surface area (Å²) in [6, 6.07) is 0. The second-order valence-electron chi connectivity index (χ2n) is 7.54. The largest absolute Gasteiger partial charge is 0.436 e. The van der Waals surface area contributed by atoms with Gasteiger partial charge in [-0.2, -0.15) is 0 Å². The van der Waals surface area contributed by atoms with E-state index in [0.717, 1.165) is 32.1 Å². The fraction of sp³-hybridized carbons (Fsp3) is 0.944. The van der Waals surface area contributed by atoms with Crippen molar-refractivity contribution < 1.29 is 14.3 Å². The van der Waals surface area contributed by atoms with Gasteiger partial charge in [0.1, 0.15) is 0 Å². The van der Waals surface area contributed by atoms with Crippen LogP contribution < -0.4 is 0 Å². The summed E-state index contributed by atoms with van der Waals surface area (Å²) in [5.41, 5.74) is 0.0908. The molecule has 0 aliphatic heterocycles. The SMILES string of the molecule is CCC(CC)C(=O)OC(CC(C)(C)C)OC1CCCCC1. The molecule has 0 aromatic rings. The maximum atomic E-state index is 12.2. The second-order valence-corrected chi connectivity index (χ2v) is 7.54. The number of esters is 1. The van der Waals surface area contributed by atoms with Crippen LogP contribution in [0.2, 0.25) is 0 Å². The van der Waals surface area contributed by atoms with Crippen molar-refractivity contribution in [3.05, 3.63) is 0 Å². The van der Waals surface area contributed by atoms with Gasteiger partial charge in [-0.15, -0.1) is 0 Å². The number of carbonyl (C=O) groups excluding carboxylic acids is 1. The lowest BCUT2D eigenvalue weighted by Gasteiger charge is -2.31. The monoisotopic (exact) mass is 298 g/mol. The Bertz CT molecular complexity index is 296. The third kappa shape index (κ3) is 7.30. The lowest BCUT2D eigenvalue weighted by atomic mass is 9.91. The lowest BCUT2D eigenvalue weighted by molar-refractivity contribution is -0.203. The smallest absolute Gasteiger partial charge is 0.311 e. The van der Waals surface area contributed by atoms with Gasteiger partial charge in [-0.05, 0) is 31.1 Å². The first-order valence-electron chi connectivity index (χ1n) is 8.71. The molecule has 0 heterocycles. The molecule has 0 N–H and O–H groups in total. The third-order valence-corrected chi connectivity index (χ3v) is 4.24. The van der Waals surface area contributed by atoms with Crippen molar-refractivity contribution in [2.24, 2.45) is 11.3 Å². The van der Waals surface area contributed by atoms with Gasteiger partial charge >= 0.3 is 5.97 Å². The van der Waals surface area contributed by atoms with Crippen LogP contribution in [0, 0.1) is 11.3 Å². The first-order chi connectivity index (χ1) is 9.85. The van der Waals surface area contributed by atoms with E-state index in [1.807, 2.05) is 13.8 Å². The van der Waals surface area contributed by atoms with E-state index in [1.54, 1.807) is 0 Å². The van der Waals surface area contributed by atoms with Crippen LogP contribution in [0.4, 0.5) is 0 Å². The van der Waals surface area contributed by atoms with Crippen molar-refractivity contribution in [3.8, 4) is 0 Å². The van der Waals surface area contributed by atoms with Crippen LogP contribution in [0.25, 0.3) is 0 Å². The summed E-state index contributed by atoms with van der Waals surface area (Å²) in [5.74, 6) is -0.0903.